The first-order chi connectivity index (χ1) is 12.1. The molecule has 1 aromatic rings. The van der Waals surface area contributed by atoms with Gasteiger partial charge in [-0.05, 0) is 40.5 Å². The predicted octanol–water partition coefficient (Wildman–Crippen LogP) is 1.50. The summed E-state index contributed by atoms with van der Waals surface area (Å²) in [6, 6.07) is 3.78. The number of carbonyl (C=O) groups excluding carboxylic acids is 2. The Kier molecular flexibility index (Phi) is 9.17. The summed E-state index contributed by atoms with van der Waals surface area (Å²) in [5, 5.41) is 5.22. The minimum atomic E-state index is -3.23. The van der Waals surface area contributed by atoms with Gasteiger partial charge in [-0.3, -0.25) is 9.59 Å². The second-order valence-corrected chi connectivity index (χ2v) is 8.43. The Morgan fingerprint density at radius 1 is 1.23 bits per heavy atom. The number of sulfonamides is 1. The fourth-order valence-electron chi connectivity index (χ4n) is 2.19. The maximum atomic E-state index is 13.2. The zero-order valence-corrected chi connectivity index (χ0v) is 17.1. The van der Waals surface area contributed by atoms with Crippen molar-refractivity contribution in [1.29, 1.82) is 0 Å². The highest BCUT2D eigenvalue weighted by atomic mass is 79.9. The van der Waals surface area contributed by atoms with E-state index in [2.05, 4.69) is 26.6 Å². The first-order valence-electron chi connectivity index (χ1n) is 8.10. The summed E-state index contributed by atoms with van der Waals surface area (Å²) in [6.07, 6.45) is 1.71. The maximum absolute atomic E-state index is 13.2. The summed E-state index contributed by atoms with van der Waals surface area (Å²) in [6.45, 7) is 2.92. The molecule has 0 atom stereocenters. The third-order valence-electron chi connectivity index (χ3n) is 3.54. The van der Waals surface area contributed by atoms with Crippen LogP contribution >= 0.6 is 15.9 Å². The van der Waals surface area contributed by atoms with Crippen LogP contribution in [0, 0.1) is 5.82 Å². The third kappa shape index (κ3) is 7.79. The van der Waals surface area contributed by atoms with E-state index in [4.69, 9.17) is 0 Å². The van der Waals surface area contributed by atoms with Gasteiger partial charge in [0.25, 0.3) is 5.91 Å². The van der Waals surface area contributed by atoms with Crippen molar-refractivity contribution in [3.8, 4) is 0 Å². The molecule has 0 bridgehead atoms. The summed E-state index contributed by atoms with van der Waals surface area (Å²) >= 11 is 3.17. The molecule has 0 saturated carbocycles. The average molecular weight is 452 g/mol. The van der Waals surface area contributed by atoms with Gasteiger partial charge in [-0.2, -0.15) is 0 Å². The normalized spacial score (nSPS) is 11.4. The molecule has 0 aliphatic carbocycles. The maximum Gasteiger partial charge on any atom is 0.252 e. The Morgan fingerprint density at radius 3 is 2.54 bits per heavy atom. The summed E-state index contributed by atoms with van der Waals surface area (Å²) < 4.78 is 37.8. The van der Waals surface area contributed by atoms with Crippen LogP contribution in [0.15, 0.2) is 22.7 Å². The van der Waals surface area contributed by atoms with Crippen molar-refractivity contribution >= 4 is 37.8 Å². The molecule has 0 aliphatic heterocycles. The van der Waals surface area contributed by atoms with Gasteiger partial charge >= 0.3 is 0 Å². The standard InChI is InChI=1S/C16H23BrFN3O4S/c1-3-21(26(2,24)25)10-4-8-19-15(22)7-9-20-16(23)13-11-12(18)5-6-14(13)17/h5-6,11H,3-4,7-10H2,1-2H3,(H,19,22)(H,20,23). The Hall–Kier alpha value is -1.52. The van der Waals surface area contributed by atoms with Gasteiger partial charge < -0.3 is 10.6 Å². The molecule has 0 radical (unpaired) electrons. The Bertz CT molecular complexity index is 743. The second kappa shape index (κ2) is 10.6. The minimum absolute atomic E-state index is 0.0717. The van der Waals surface area contributed by atoms with E-state index in [1.165, 1.54) is 16.4 Å². The van der Waals surface area contributed by atoms with E-state index in [0.29, 0.717) is 30.5 Å². The zero-order chi connectivity index (χ0) is 19.7. The molecular weight excluding hydrogens is 429 g/mol. The van der Waals surface area contributed by atoms with Crippen LogP contribution < -0.4 is 10.6 Å². The van der Waals surface area contributed by atoms with Crippen molar-refractivity contribution in [3.05, 3.63) is 34.1 Å². The monoisotopic (exact) mass is 451 g/mol. The number of rotatable bonds is 10. The highest BCUT2D eigenvalue weighted by molar-refractivity contribution is 9.10. The van der Waals surface area contributed by atoms with Crippen molar-refractivity contribution in [2.45, 2.75) is 19.8 Å². The molecule has 0 aliphatic rings. The van der Waals surface area contributed by atoms with Crippen molar-refractivity contribution in [3.63, 3.8) is 0 Å². The second-order valence-electron chi connectivity index (χ2n) is 5.59. The minimum Gasteiger partial charge on any atom is -0.356 e. The number of carbonyl (C=O) groups is 2. The number of hydrogen-bond acceptors (Lipinski definition) is 4. The predicted molar refractivity (Wildman–Crippen MR) is 101 cm³/mol. The molecule has 0 saturated heterocycles. The van der Waals surface area contributed by atoms with Gasteiger partial charge in [0, 0.05) is 37.1 Å². The SMILES string of the molecule is CCN(CCCNC(=O)CCNC(=O)c1cc(F)ccc1Br)S(C)(=O)=O. The molecule has 146 valence electrons. The van der Waals surface area contributed by atoms with E-state index in [1.807, 2.05) is 0 Å². The van der Waals surface area contributed by atoms with Crippen LogP contribution in [0.4, 0.5) is 4.39 Å². The molecule has 2 N–H and O–H groups in total. The molecule has 0 spiro atoms. The van der Waals surface area contributed by atoms with E-state index in [0.717, 1.165) is 12.3 Å². The van der Waals surface area contributed by atoms with Crippen LogP contribution in [0.1, 0.15) is 30.1 Å². The largest absolute Gasteiger partial charge is 0.356 e. The highest BCUT2D eigenvalue weighted by Gasteiger charge is 2.14. The molecular formula is C16H23BrFN3O4S. The number of halogens is 2. The fraction of sp³-hybridized carbons (Fsp3) is 0.500. The number of amides is 2. The summed E-state index contributed by atoms with van der Waals surface area (Å²) in [7, 11) is -3.23. The highest BCUT2D eigenvalue weighted by Crippen LogP contribution is 2.17. The molecule has 26 heavy (non-hydrogen) atoms. The number of nitrogens with zero attached hydrogens (tertiary/aromatic N) is 1. The first kappa shape index (κ1) is 22.5. The summed E-state index contributed by atoms with van der Waals surface area (Å²) in [5.41, 5.74) is 0.158. The topological polar surface area (TPSA) is 95.6 Å². The Balaban J connectivity index is 2.28. The van der Waals surface area contributed by atoms with Gasteiger partial charge in [0.1, 0.15) is 5.82 Å². The molecule has 0 aromatic heterocycles. The van der Waals surface area contributed by atoms with Crippen LogP contribution in [0.5, 0.6) is 0 Å². The molecule has 10 heteroatoms. The third-order valence-corrected chi connectivity index (χ3v) is 5.61. The molecule has 1 rings (SSSR count). The lowest BCUT2D eigenvalue weighted by Crippen LogP contribution is -2.34. The van der Waals surface area contributed by atoms with Crippen molar-refractivity contribution in [2.24, 2.45) is 0 Å². The quantitative estimate of drug-likeness (QED) is 0.526. The van der Waals surface area contributed by atoms with Gasteiger partial charge in [0.2, 0.25) is 15.9 Å². The molecule has 7 nitrogen and oxygen atoms in total. The molecule has 0 heterocycles. The number of nitrogens with one attached hydrogen (secondary N) is 2. The Labute approximate surface area is 161 Å². The van der Waals surface area contributed by atoms with Gasteiger partial charge in [-0.1, -0.05) is 6.92 Å². The zero-order valence-electron chi connectivity index (χ0n) is 14.7. The molecule has 1 aromatic carbocycles. The van der Waals surface area contributed by atoms with Crippen molar-refractivity contribution < 1.29 is 22.4 Å². The lowest BCUT2D eigenvalue weighted by molar-refractivity contribution is -0.120. The van der Waals surface area contributed by atoms with E-state index in [9.17, 15) is 22.4 Å². The van der Waals surface area contributed by atoms with Crippen LogP contribution in [0.25, 0.3) is 0 Å². The van der Waals surface area contributed by atoms with E-state index >= 15 is 0 Å². The summed E-state index contributed by atoms with van der Waals surface area (Å²) in [4.78, 5) is 23.7. The van der Waals surface area contributed by atoms with E-state index in [-0.39, 0.29) is 24.4 Å². The number of benzene rings is 1. The van der Waals surface area contributed by atoms with E-state index in [1.54, 1.807) is 6.92 Å². The van der Waals surface area contributed by atoms with Crippen molar-refractivity contribution in [2.75, 3.05) is 32.4 Å². The van der Waals surface area contributed by atoms with Crippen LogP contribution in [0.2, 0.25) is 0 Å². The lowest BCUT2D eigenvalue weighted by atomic mass is 10.2. The molecule has 2 amide bonds. The van der Waals surface area contributed by atoms with Crippen LogP contribution in [-0.2, 0) is 14.8 Å². The van der Waals surface area contributed by atoms with Crippen LogP contribution in [0.3, 0.4) is 0 Å². The summed E-state index contributed by atoms with van der Waals surface area (Å²) in [5.74, 6) is -1.26. The van der Waals surface area contributed by atoms with Gasteiger partial charge in [0.15, 0.2) is 0 Å². The smallest absolute Gasteiger partial charge is 0.252 e. The van der Waals surface area contributed by atoms with E-state index < -0.39 is 21.7 Å². The van der Waals surface area contributed by atoms with Crippen molar-refractivity contribution in [1.82, 2.24) is 14.9 Å². The van der Waals surface area contributed by atoms with Gasteiger partial charge in [0.05, 0.1) is 11.8 Å². The average Bonchev–Trinajstić information content (AvgIpc) is 2.55. The number of hydrogen-bond donors (Lipinski definition) is 2. The Morgan fingerprint density at radius 2 is 1.92 bits per heavy atom. The lowest BCUT2D eigenvalue weighted by Gasteiger charge is -2.17. The first-order valence-corrected chi connectivity index (χ1v) is 10.7. The molecule has 0 fully saturated rings. The molecule has 0 unspecified atom stereocenters. The van der Waals surface area contributed by atoms with Gasteiger partial charge in [-0.15, -0.1) is 0 Å². The fourth-order valence-corrected chi connectivity index (χ4v) is 3.54. The van der Waals surface area contributed by atoms with Gasteiger partial charge in [-0.25, -0.2) is 17.1 Å². The van der Waals surface area contributed by atoms with Crippen LogP contribution in [-0.4, -0.2) is 57.0 Å².